The zero-order valence-corrected chi connectivity index (χ0v) is 24.9. The second kappa shape index (κ2) is 12.5. The molecule has 42 heavy (non-hydrogen) atoms. The van der Waals surface area contributed by atoms with Crippen molar-refractivity contribution in [3.8, 4) is 5.75 Å². The minimum absolute atomic E-state index is 0.00452. The molecule has 0 spiro atoms. The highest BCUT2D eigenvalue weighted by atomic mass is 32.2. The standard InChI is InChI=1S/C28H35F2N7O4S/c1-28(29,30)20-16-32-27(34-21-11-10-18(15-23(21)41-4)26(38)31-12-13-37(2)3)35-25(20)33-22-14-17-8-6-7-9-19(17)24(22)36-42(5,39)40/h6-11,15-16,22,24,36H,12-14H2,1-5H3,(H,31,38)(H2,32,33,34,35). The van der Waals surface area contributed by atoms with Crippen LogP contribution in [0.25, 0.3) is 0 Å². The number of rotatable bonds is 12. The molecule has 4 rings (SSSR count). The third-order valence-corrected chi connectivity index (χ3v) is 7.39. The first-order valence-corrected chi connectivity index (χ1v) is 15.1. The highest BCUT2D eigenvalue weighted by Gasteiger charge is 2.37. The predicted molar refractivity (Wildman–Crippen MR) is 157 cm³/mol. The Balaban J connectivity index is 1.61. The van der Waals surface area contributed by atoms with E-state index in [1.807, 2.05) is 31.1 Å². The Bertz CT molecular complexity index is 1550. The third kappa shape index (κ3) is 7.69. The van der Waals surface area contributed by atoms with Gasteiger partial charge in [0.05, 0.1) is 36.7 Å². The van der Waals surface area contributed by atoms with Gasteiger partial charge >= 0.3 is 0 Å². The SMILES string of the molecule is COc1cc(C(=O)NCCN(C)C)ccc1Nc1ncc(C(C)(F)F)c(NC2Cc3ccccc3C2NS(C)(=O)=O)n1. The van der Waals surface area contributed by atoms with Crippen molar-refractivity contribution in [3.05, 3.63) is 70.9 Å². The van der Waals surface area contributed by atoms with Crippen molar-refractivity contribution in [2.45, 2.75) is 31.4 Å². The molecule has 2 aromatic carbocycles. The predicted octanol–water partition coefficient (Wildman–Crippen LogP) is 3.26. The number of ether oxygens (including phenoxy) is 1. The van der Waals surface area contributed by atoms with Crippen LogP contribution in [-0.2, 0) is 22.4 Å². The van der Waals surface area contributed by atoms with Gasteiger partial charge in [-0.1, -0.05) is 24.3 Å². The Morgan fingerprint density at radius 2 is 1.93 bits per heavy atom. The molecule has 1 amide bonds. The van der Waals surface area contributed by atoms with E-state index in [0.717, 1.165) is 30.5 Å². The largest absolute Gasteiger partial charge is 0.495 e. The molecular weight excluding hydrogens is 568 g/mol. The van der Waals surface area contributed by atoms with E-state index in [-0.39, 0.29) is 17.7 Å². The maximum Gasteiger partial charge on any atom is 0.275 e. The topological polar surface area (TPSA) is 138 Å². The molecule has 1 heterocycles. The first kappa shape index (κ1) is 31.1. The van der Waals surface area contributed by atoms with E-state index in [4.69, 9.17) is 4.74 Å². The molecular formula is C28H35F2N7O4S. The normalized spacial score (nSPS) is 16.7. The fraction of sp³-hybridized carbons (Fsp3) is 0.393. The van der Waals surface area contributed by atoms with Crippen molar-refractivity contribution in [1.29, 1.82) is 0 Å². The van der Waals surface area contributed by atoms with Crippen LogP contribution >= 0.6 is 0 Å². The number of aromatic nitrogens is 2. The van der Waals surface area contributed by atoms with Crippen LogP contribution < -0.4 is 25.4 Å². The number of hydrogen-bond acceptors (Lipinski definition) is 9. The molecule has 226 valence electrons. The van der Waals surface area contributed by atoms with Gasteiger partial charge in [-0.15, -0.1) is 0 Å². The number of carbonyl (C=O) groups excluding carboxylic acids is 1. The van der Waals surface area contributed by atoms with Crippen molar-refractivity contribution in [2.24, 2.45) is 0 Å². The van der Waals surface area contributed by atoms with Crippen LogP contribution in [0.15, 0.2) is 48.7 Å². The maximum absolute atomic E-state index is 14.6. The third-order valence-electron chi connectivity index (χ3n) is 6.71. The van der Waals surface area contributed by atoms with Crippen LogP contribution in [0.4, 0.5) is 26.2 Å². The summed E-state index contributed by atoms with van der Waals surface area (Å²) in [6.45, 7) is 1.89. The van der Waals surface area contributed by atoms with E-state index < -0.39 is 33.6 Å². The molecule has 1 aliphatic carbocycles. The summed E-state index contributed by atoms with van der Waals surface area (Å²) in [5.74, 6) is -3.38. The van der Waals surface area contributed by atoms with Gasteiger partial charge in [0.1, 0.15) is 11.6 Å². The molecule has 0 fully saturated rings. The molecule has 14 heteroatoms. The van der Waals surface area contributed by atoms with Crippen LogP contribution in [-0.4, -0.2) is 75.8 Å². The highest BCUT2D eigenvalue weighted by Crippen LogP contribution is 2.38. The van der Waals surface area contributed by atoms with Gasteiger partial charge < -0.3 is 25.6 Å². The molecule has 3 aromatic rings. The molecule has 0 saturated heterocycles. The number of carbonyl (C=O) groups is 1. The zero-order chi connectivity index (χ0) is 30.7. The molecule has 0 aliphatic heterocycles. The second-order valence-electron chi connectivity index (χ2n) is 10.5. The van der Waals surface area contributed by atoms with E-state index in [1.54, 1.807) is 30.3 Å². The number of nitrogens with one attached hydrogen (secondary N) is 4. The van der Waals surface area contributed by atoms with Gasteiger partial charge in [0.2, 0.25) is 16.0 Å². The maximum atomic E-state index is 14.6. The highest BCUT2D eigenvalue weighted by molar-refractivity contribution is 7.88. The van der Waals surface area contributed by atoms with Crippen LogP contribution in [0, 0.1) is 0 Å². The summed E-state index contributed by atoms with van der Waals surface area (Å²) >= 11 is 0. The number of nitrogens with zero attached hydrogens (tertiary/aromatic N) is 3. The van der Waals surface area contributed by atoms with Gasteiger partial charge in [-0.25, -0.2) is 26.9 Å². The summed E-state index contributed by atoms with van der Waals surface area (Å²) in [6.07, 6.45) is 2.46. The molecule has 2 unspecified atom stereocenters. The van der Waals surface area contributed by atoms with Gasteiger partial charge in [0.25, 0.3) is 11.8 Å². The Morgan fingerprint density at radius 3 is 2.60 bits per heavy atom. The van der Waals surface area contributed by atoms with Crippen LogP contribution in [0.5, 0.6) is 5.75 Å². The molecule has 4 N–H and O–H groups in total. The van der Waals surface area contributed by atoms with Crippen LogP contribution in [0.1, 0.15) is 40.0 Å². The summed E-state index contributed by atoms with van der Waals surface area (Å²) in [6, 6.07) is 10.8. The Hall–Kier alpha value is -3.88. The lowest BCUT2D eigenvalue weighted by Gasteiger charge is -2.25. The van der Waals surface area contributed by atoms with E-state index in [9.17, 15) is 22.0 Å². The number of sulfonamides is 1. The van der Waals surface area contributed by atoms with Crippen molar-refractivity contribution in [3.63, 3.8) is 0 Å². The average molecular weight is 604 g/mol. The summed E-state index contributed by atoms with van der Waals surface area (Å²) in [5.41, 5.74) is 2.00. The average Bonchev–Trinajstić information content (AvgIpc) is 3.23. The number of alkyl halides is 2. The first-order chi connectivity index (χ1) is 19.7. The summed E-state index contributed by atoms with van der Waals surface area (Å²) in [4.78, 5) is 22.9. The van der Waals surface area contributed by atoms with E-state index in [0.29, 0.717) is 36.5 Å². The number of amides is 1. The number of halogens is 2. The lowest BCUT2D eigenvalue weighted by molar-refractivity contribution is 0.0175. The van der Waals surface area contributed by atoms with Crippen LogP contribution in [0.2, 0.25) is 0 Å². The molecule has 0 radical (unpaired) electrons. The van der Waals surface area contributed by atoms with Gasteiger partial charge in [-0.05, 0) is 49.8 Å². The number of anilines is 3. The Morgan fingerprint density at radius 1 is 1.19 bits per heavy atom. The Kier molecular flexibility index (Phi) is 9.28. The number of methoxy groups -OCH3 is 1. The summed E-state index contributed by atoms with van der Waals surface area (Å²) in [5, 5.41) is 8.87. The van der Waals surface area contributed by atoms with E-state index >= 15 is 0 Å². The fourth-order valence-electron chi connectivity index (χ4n) is 4.71. The molecule has 0 bridgehead atoms. The molecule has 11 nitrogen and oxygen atoms in total. The van der Waals surface area contributed by atoms with Crippen molar-refractivity contribution in [1.82, 2.24) is 24.9 Å². The van der Waals surface area contributed by atoms with Gasteiger partial charge in [-0.3, -0.25) is 4.79 Å². The summed E-state index contributed by atoms with van der Waals surface area (Å²) < 4.78 is 61.6. The number of hydrogen-bond donors (Lipinski definition) is 4. The molecule has 0 saturated carbocycles. The summed E-state index contributed by atoms with van der Waals surface area (Å²) in [7, 11) is 1.64. The monoisotopic (exact) mass is 603 g/mol. The van der Waals surface area contributed by atoms with Crippen LogP contribution in [0.3, 0.4) is 0 Å². The van der Waals surface area contributed by atoms with Crippen molar-refractivity contribution < 1.29 is 26.7 Å². The van der Waals surface area contributed by atoms with E-state index in [1.165, 1.54) is 7.11 Å². The lowest BCUT2D eigenvalue weighted by Crippen LogP contribution is -2.38. The number of fused-ring (bicyclic) bond motifs is 1. The first-order valence-electron chi connectivity index (χ1n) is 13.2. The number of likely N-dealkylation sites (N-methyl/N-ethyl adjacent to an activating group) is 1. The second-order valence-corrected chi connectivity index (χ2v) is 12.2. The smallest absolute Gasteiger partial charge is 0.275 e. The molecule has 2 atom stereocenters. The van der Waals surface area contributed by atoms with Gasteiger partial charge in [0, 0.05) is 31.8 Å². The fourth-order valence-corrected chi connectivity index (χ4v) is 5.46. The van der Waals surface area contributed by atoms with Crippen molar-refractivity contribution in [2.75, 3.05) is 51.2 Å². The van der Waals surface area contributed by atoms with E-state index in [2.05, 4.69) is 30.6 Å². The van der Waals surface area contributed by atoms with Crippen molar-refractivity contribution >= 4 is 33.4 Å². The van der Waals surface area contributed by atoms with Gasteiger partial charge in [-0.2, -0.15) is 4.98 Å². The molecule has 1 aromatic heterocycles. The number of benzene rings is 2. The quantitative estimate of drug-likeness (QED) is 0.246. The Labute approximate surface area is 244 Å². The molecule has 1 aliphatic rings. The van der Waals surface area contributed by atoms with Gasteiger partial charge in [0.15, 0.2) is 0 Å². The zero-order valence-electron chi connectivity index (χ0n) is 24.0. The minimum Gasteiger partial charge on any atom is -0.495 e. The lowest BCUT2D eigenvalue weighted by atomic mass is 10.1. The minimum atomic E-state index is -3.62.